The van der Waals surface area contributed by atoms with Crippen molar-refractivity contribution in [3.63, 3.8) is 0 Å². The van der Waals surface area contributed by atoms with E-state index in [0.717, 1.165) is 11.1 Å². The largest absolute Gasteiger partial charge is 0.490 e. The van der Waals surface area contributed by atoms with E-state index in [4.69, 9.17) is 21.4 Å². The van der Waals surface area contributed by atoms with Crippen LogP contribution in [0.25, 0.3) is 0 Å². The van der Waals surface area contributed by atoms with E-state index >= 15 is 0 Å². The number of nitrogens with one attached hydrogen (secondary N) is 3. The number of rotatable bonds is 16. The van der Waals surface area contributed by atoms with Gasteiger partial charge in [0.25, 0.3) is 0 Å². The highest BCUT2D eigenvalue weighted by atomic mass is 19.4. The van der Waals surface area contributed by atoms with Gasteiger partial charge in [-0.05, 0) is 62.5 Å². The summed E-state index contributed by atoms with van der Waals surface area (Å²) in [6, 6.07) is 15.4. The zero-order valence-electron chi connectivity index (χ0n) is 29.5. The molecule has 0 aromatic heterocycles. The van der Waals surface area contributed by atoms with E-state index in [1.165, 1.54) is 0 Å². The quantitative estimate of drug-likeness (QED) is 0.0740. The number of nitrogens with zero attached hydrogens (tertiary/aromatic N) is 2. The molecule has 15 nitrogen and oxygen atoms in total. The number of amides is 4. The number of benzene rings is 2. The summed E-state index contributed by atoms with van der Waals surface area (Å²) < 4.78 is 31.7. The number of carbonyl (C=O) groups excluding carboxylic acids is 4. The number of aryl methyl sites for hydroxylation is 1. The Balaban J connectivity index is 0.00000102. The second-order valence-electron chi connectivity index (χ2n) is 13.0. The molecule has 294 valence electrons. The Morgan fingerprint density at radius 2 is 1.46 bits per heavy atom. The van der Waals surface area contributed by atoms with Gasteiger partial charge >= 0.3 is 18.1 Å². The molecule has 0 bridgehead atoms. The highest BCUT2D eigenvalue weighted by molar-refractivity contribution is 5.95. The fraction of sp³-hybridized carbons (Fsp3) is 0.472. The Morgan fingerprint density at radius 3 is 2.04 bits per heavy atom. The van der Waals surface area contributed by atoms with Crippen molar-refractivity contribution in [3.8, 4) is 0 Å². The molecule has 0 spiro atoms. The minimum atomic E-state index is -5.08. The number of alkyl halides is 3. The first kappa shape index (κ1) is 42.7. The first-order chi connectivity index (χ1) is 25.5. The lowest BCUT2D eigenvalue weighted by Gasteiger charge is -2.38. The Hall–Kier alpha value is -5.68. The molecular weight excluding hydrogens is 715 g/mol. The number of nitrogens with two attached hydrogens (primary N) is 2. The first-order valence-corrected chi connectivity index (χ1v) is 17.4. The van der Waals surface area contributed by atoms with Crippen LogP contribution in [0.2, 0.25) is 0 Å². The molecule has 2 aliphatic rings. The molecule has 2 heterocycles. The van der Waals surface area contributed by atoms with Crippen molar-refractivity contribution in [1.29, 1.82) is 0 Å². The highest BCUT2D eigenvalue weighted by Gasteiger charge is 2.47. The van der Waals surface area contributed by atoms with Gasteiger partial charge in [-0.15, -0.1) is 0 Å². The summed E-state index contributed by atoms with van der Waals surface area (Å²) in [6.45, 7) is 0.231. The van der Waals surface area contributed by atoms with Crippen LogP contribution in [-0.4, -0.2) is 99.6 Å². The van der Waals surface area contributed by atoms with E-state index in [2.05, 4.69) is 20.9 Å². The van der Waals surface area contributed by atoms with Crippen LogP contribution in [0.15, 0.2) is 65.7 Å². The summed E-state index contributed by atoms with van der Waals surface area (Å²) >= 11 is 0. The Labute approximate surface area is 309 Å². The average Bonchev–Trinajstić information content (AvgIpc) is 3.55. The van der Waals surface area contributed by atoms with Gasteiger partial charge in [0.15, 0.2) is 5.96 Å². The predicted molar refractivity (Wildman–Crippen MR) is 189 cm³/mol. The van der Waals surface area contributed by atoms with Crippen LogP contribution in [0, 0.1) is 0 Å². The molecule has 9 N–H and O–H groups in total. The molecule has 4 rings (SSSR count). The molecule has 0 radical (unpaired) electrons. The molecule has 18 heteroatoms. The lowest BCUT2D eigenvalue weighted by molar-refractivity contribution is -0.192. The number of piperidine rings is 1. The molecule has 2 aliphatic heterocycles. The van der Waals surface area contributed by atoms with Gasteiger partial charge in [0.1, 0.15) is 18.1 Å². The number of fused-ring (bicyclic) bond motifs is 1. The summed E-state index contributed by atoms with van der Waals surface area (Å²) in [5.74, 6) is -5.48. The van der Waals surface area contributed by atoms with E-state index < -0.39 is 54.1 Å². The number of hydrogen-bond donors (Lipinski definition) is 7. The molecule has 2 saturated heterocycles. The maximum atomic E-state index is 13.7. The average molecular weight is 762 g/mol. The maximum Gasteiger partial charge on any atom is 0.490 e. The van der Waals surface area contributed by atoms with E-state index in [1.54, 1.807) is 4.90 Å². The van der Waals surface area contributed by atoms with Crippen molar-refractivity contribution >= 4 is 41.5 Å². The van der Waals surface area contributed by atoms with Crippen molar-refractivity contribution in [2.24, 2.45) is 16.5 Å². The third-order valence-electron chi connectivity index (χ3n) is 8.90. The molecule has 2 aromatic carbocycles. The first-order valence-electron chi connectivity index (χ1n) is 17.4. The van der Waals surface area contributed by atoms with Crippen LogP contribution in [-0.2, 0) is 41.6 Å². The third-order valence-corrected chi connectivity index (χ3v) is 8.90. The van der Waals surface area contributed by atoms with E-state index in [1.807, 2.05) is 60.7 Å². The number of guanidine groups is 1. The molecule has 5 atom stereocenters. The topological polar surface area (TPSA) is 247 Å². The van der Waals surface area contributed by atoms with Gasteiger partial charge in [-0.25, -0.2) is 4.79 Å². The number of hydrogen-bond acceptors (Lipinski definition) is 7. The molecule has 0 saturated carbocycles. The van der Waals surface area contributed by atoms with Gasteiger partial charge < -0.3 is 42.5 Å². The number of carboxylic acids is 2. The van der Waals surface area contributed by atoms with Crippen LogP contribution >= 0.6 is 0 Å². The number of aliphatic carboxylic acids is 2. The number of halogens is 3. The fourth-order valence-corrected chi connectivity index (χ4v) is 6.34. The summed E-state index contributed by atoms with van der Waals surface area (Å²) in [6.07, 6.45) is -1.52. The van der Waals surface area contributed by atoms with Gasteiger partial charge in [-0.2, -0.15) is 13.2 Å². The monoisotopic (exact) mass is 761 g/mol. The molecule has 54 heavy (non-hydrogen) atoms. The third kappa shape index (κ3) is 14.0. The second-order valence-corrected chi connectivity index (χ2v) is 13.0. The molecular formula is C36H46F3N7O8. The molecule has 2 unspecified atom stereocenters. The Kier molecular flexibility index (Phi) is 16.2. The number of carbonyl (C=O) groups is 6. The smallest absolute Gasteiger partial charge is 0.481 e. The minimum Gasteiger partial charge on any atom is -0.481 e. The summed E-state index contributed by atoms with van der Waals surface area (Å²) in [4.78, 5) is 79.7. The van der Waals surface area contributed by atoms with E-state index in [-0.39, 0.29) is 49.6 Å². The lowest BCUT2D eigenvalue weighted by atomic mass is 9.97. The van der Waals surface area contributed by atoms with Gasteiger partial charge in [-0.1, -0.05) is 60.7 Å². The van der Waals surface area contributed by atoms with Gasteiger partial charge in [-0.3, -0.25) is 29.0 Å². The van der Waals surface area contributed by atoms with Crippen LogP contribution in [0.5, 0.6) is 0 Å². The van der Waals surface area contributed by atoms with Gasteiger partial charge in [0, 0.05) is 18.6 Å². The maximum absolute atomic E-state index is 13.7. The standard InChI is InChI=1S/C34H45N7O6.C2HF3O2/c35-34(36)37-19-7-12-26(31(45)38-24(21-30(43)44)14-13-22-8-3-1-4-9-22)40-32(46)28-18-16-25-15-17-27(33(47)41(25)28)39-29(42)20-23-10-5-2-6-11-23;3-2(4,5)1(6)7/h1-6,8-11,24-28H,7,12-21H2,(H,38,45)(H,39,42)(H,40,46)(H,43,44)(H4,35,36,37);(H,6,7)/t24-,25?,26-,27?,28-;/m0./s1. The Bertz CT molecular complexity index is 1620. The van der Waals surface area contributed by atoms with Gasteiger partial charge in [0.2, 0.25) is 23.6 Å². The lowest BCUT2D eigenvalue weighted by Crippen LogP contribution is -2.60. The van der Waals surface area contributed by atoms with E-state index in [0.29, 0.717) is 44.9 Å². The van der Waals surface area contributed by atoms with Gasteiger partial charge in [0.05, 0.1) is 12.8 Å². The fourth-order valence-electron chi connectivity index (χ4n) is 6.34. The van der Waals surface area contributed by atoms with Crippen LogP contribution in [0.1, 0.15) is 62.5 Å². The predicted octanol–water partition coefficient (Wildman–Crippen LogP) is 1.63. The zero-order chi connectivity index (χ0) is 39.8. The van der Waals surface area contributed by atoms with Crippen LogP contribution in [0.3, 0.4) is 0 Å². The van der Waals surface area contributed by atoms with Crippen LogP contribution < -0.4 is 27.4 Å². The van der Waals surface area contributed by atoms with Crippen molar-refractivity contribution in [2.45, 2.75) is 101 Å². The number of carboxylic acid groups (broad SMARTS) is 2. The summed E-state index contributed by atoms with van der Waals surface area (Å²) in [7, 11) is 0. The minimum absolute atomic E-state index is 0.0940. The Morgan fingerprint density at radius 1 is 0.870 bits per heavy atom. The van der Waals surface area contributed by atoms with Crippen molar-refractivity contribution in [2.75, 3.05) is 6.54 Å². The molecule has 4 amide bonds. The van der Waals surface area contributed by atoms with Crippen molar-refractivity contribution in [1.82, 2.24) is 20.9 Å². The van der Waals surface area contributed by atoms with Crippen molar-refractivity contribution in [3.05, 3.63) is 71.8 Å². The zero-order valence-corrected chi connectivity index (χ0v) is 29.5. The van der Waals surface area contributed by atoms with Crippen molar-refractivity contribution < 1.29 is 52.2 Å². The SMILES string of the molecule is NC(N)=NCCC[C@H](NC(=O)[C@@H]1CCC2CCC(NC(=O)Cc3ccccc3)C(=O)N21)C(=O)N[C@@H](CCc1ccccc1)CC(=O)O.O=C(O)C(F)(F)F. The highest BCUT2D eigenvalue weighted by Crippen LogP contribution is 2.33. The second kappa shape index (κ2) is 20.5. The molecule has 2 aromatic rings. The van der Waals surface area contributed by atoms with Crippen LogP contribution in [0.4, 0.5) is 13.2 Å². The summed E-state index contributed by atoms with van der Waals surface area (Å²) in [5.41, 5.74) is 12.7. The van der Waals surface area contributed by atoms with E-state index in [9.17, 15) is 42.3 Å². The number of aliphatic imine (C=N–C) groups is 1. The summed E-state index contributed by atoms with van der Waals surface area (Å²) in [5, 5.41) is 25.1. The molecule has 0 aliphatic carbocycles. The molecule has 2 fully saturated rings. The normalized spacial score (nSPS) is 18.8.